The summed E-state index contributed by atoms with van der Waals surface area (Å²) in [6.07, 6.45) is 4.59. The fourth-order valence-corrected chi connectivity index (χ4v) is 8.28. The SMILES string of the molecule is CCn1c(-c2cccnc2C(C)OC)c(CC(C)(C)CO)c2cc(N3CCC[C@@H](CC(NC(=O)OCc4ccccc4)C(=O)N4CCC[C@@H](C(=O)O)N4)C3)ccc21. The number of carboxylic acid groups (broad SMARTS) is 1. The summed E-state index contributed by atoms with van der Waals surface area (Å²) in [5.74, 6) is -1.35. The molecule has 4 N–H and O–H groups in total. The van der Waals surface area contributed by atoms with Crippen molar-refractivity contribution in [3.63, 3.8) is 0 Å². The second kappa shape index (κ2) is 18.5. The molecule has 0 aliphatic carbocycles. The molecule has 2 aliphatic rings. The summed E-state index contributed by atoms with van der Waals surface area (Å²) < 4.78 is 13.6. The lowest BCUT2D eigenvalue weighted by atomic mass is 9.84. The van der Waals surface area contributed by atoms with Crippen molar-refractivity contribution >= 4 is 34.6 Å². The highest BCUT2D eigenvalue weighted by Crippen LogP contribution is 2.42. The fraction of sp³-hybridized carbons (Fsp3) is 0.500. The number of benzene rings is 2. The number of anilines is 1. The molecule has 306 valence electrons. The number of aliphatic hydroxyl groups excluding tert-OH is 1. The summed E-state index contributed by atoms with van der Waals surface area (Å²) in [4.78, 5) is 46.1. The van der Waals surface area contributed by atoms with Gasteiger partial charge in [-0.05, 0) is 105 Å². The number of rotatable bonds is 15. The minimum atomic E-state index is -1.02. The summed E-state index contributed by atoms with van der Waals surface area (Å²) in [6.45, 7) is 11.0. The molecular weight excluding hydrogens is 725 g/mol. The zero-order chi connectivity index (χ0) is 40.7. The third-order valence-corrected chi connectivity index (χ3v) is 11.4. The standard InChI is InChI=1S/C44H58N6O7/c1-6-49-38-19-18-32(24-34(38)35(25-44(3,4)28-51)40(49)33-16-10-20-45-39(33)29(2)56-5)48-21-11-15-31(26-48)23-37(41(52)50-22-12-17-36(47-50)42(53)54)46-43(55)57-27-30-13-8-7-9-14-30/h7-10,13-14,16,18-20,24,29,31,36-37,47,51H,6,11-12,15,17,21-23,25-28H2,1-5H3,(H,46,55)(H,53,54)/t29?,31-,36-,37?/m0/s1. The first kappa shape index (κ1) is 41.6. The lowest BCUT2D eigenvalue weighted by Gasteiger charge is -2.38. The number of hydrazine groups is 1. The molecule has 13 nitrogen and oxygen atoms in total. The van der Waals surface area contributed by atoms with Gasteiger partial charge in [-0.15, -0.1) is 0 Å². The van der Waals surface area contributed by atoms with Crippen LogP contribution in [-0.4, -0.2) is 88.2 Å². The lowest BCUT2D eigenvalue weighted by Crippen LogP contribution is -2.60. The molecule has 4 aromatic rings. The Hall–Kier alpha value is -4.98. The molecule has 0 bridgehead atoms. The number of hydrogen-bond donors (Lipinski definition) is 4. The lowest BCUT2D eigenvalue weighted by molar-refractivity contribution is -0.147. The van der Waals surface area contributed by atoms with Crippen LogP contribution in [0.15, 0.2) is 66.9 Å². The summed E-state index contributed by atoms with van der Waals surface area (Å²) in [6, 6.07) is 18.2. The number of ether oxygens (including phenoxy) is 2. The van der Waals surface area contributed by atoms with Crippen LogP contribution >= 0.6 is 0 Å². The van der Waals surface area contributed by atoms with Gasteiger partial charge >= 0.3 is 12.1 Å². The molecule has 4 heterocycles. The Morgan fingerprint density at radius 3 is 2.54 bits per heavy atom. The number of carbonyl (C=O) groups is 3. The Morgan fingerprint density at radius 2 is 1.82 bits per heavy atom. The summed E-state index contributed by atoms with van der Waals surface area (Å²) in [5, 5.41) is 25.4. The van der Waals surface area contributed by atoms with E-state index in [1.807, 2.05) is 43.3 Å². The Bertz CT molecular complexity index is 2020. The van der Waals surface area contributed by atoms with Crippen molar-refractivity contribution in [2.75, 3.05) is 38.3 Å². The third kappa shape index (κ3) is 9.77. The predicted molar refractivity (Wildman–Crippen MR) is 219 cm³/mol. The topological polar surface area (TPSA) is 158 Å². The number of carbonyl (C=O) groups excluding carboxylic acids is 2. The van der Waals surface area contributed by atoms with Gasteiger partial charge in [0, 0.05) is 68.2 Å². The molecule has 2 amide bonds. The number of nitrogens with one attached hydrogen (secondary N) is 2. The predicted octanol–water partition coefficient (Wildman–Crippen LogP) is 6.47. The van der Waals surface area contributed by atoms with Gasteiger partial charge in [0.2, 0.25) is 0 Å². The van der Waals surface area contributed by atoms with E-state index < -0.39 is 24.1 Å². The number of aliphatic hydroxyl groups is 1. The van der Waals surface area contributed by atoms with Crippen LogP contribution in [0.4, 0.5) is 10.5 Å². The van der Waals surface area contributed by atoms with E-state index in [9.17, 15) is 24.6 Å². The van der Waals surface area contributed by atoms with Crippen molar-refractivity contribution < 1.29 is 34.1 Å². The average Bonchev–Trinajstić information content (AvgIpc) is 3.53. The van der Waals surface area contributed by atoms with Gasteiger partial charge in [-0.1, -0.05) is 44.2 Å². The maximum Gasteiger partial charge on any atom is 0.408 e. The number of pyridine rings is 1. The van der Waals surface area contributed by atoms with Crippen LogP contribution < -0.4 is 15.6 Å². The zero-order valence-electron chi connectivity index (χ0n) is 33.9. The minimum absolute atomic E-state index is 0.0325. The van der Waals surface area contributed by atoms with E-state index in [1.54, 1.807) is 13.3 Å². The quantitative estimate of drug-likeness (QED) is 0.105. The van der Waals surface area contributed by atoms with Crippen molar-refractivity contribution in [2.24, 2.45) is 11.3 Å². The first-order valence-corrected chi connectivity index (χ1v) is 20.2. The van der Waals surface area contributed by atoms with Crippen LogP contribution in [0, 0.1) is 11.3 Å². The molecule has 2 aromatic heterocycles. The number of aromatic nitrogens is 2. The normalized spacial score (nSPS) is 18.6. The smallest absolute Gasteiger partial charge is 0.408 e. The highest BCUT2D eigenvalue weighted by Gasteiger charge is 2.35. The molecular formula is C44H58N6O7. The van der Waals surface area contributed by atoms with Crippen molar-refractivity contribution in [3.8, 4) is 11.3 Å². The zero-order valence-corrected chi connectivity index (χ0v) is 33.9. The van der Waals surface area contributed by atoms with E-state index in [0.29, 0.717) is 38.8 Å². The molecule has 6 rings (SSSR count). The van der Waals surface area contributed by atoms with Crippen LogP contribution in [0.2, 0.25) is 0 Å². The van der Waals surface area contributed by atoms with Crippen molar-refractivity contribution in [1.82, 2.24) is 25.3 Å². The molecule has 4 atom stereocenters. The maximum absolute atomic E-state index is 14.0. The Kier molecular flexibility index (Phi) is 13.5. The minimum Gasteiger partial charge on any atom is -0.480 e. The number of aryl methyl sites for hydroxylation is 1. The van der Waals surface area contributed by atoms with Crippen LogP contribution in [0.5, 0.6) is 0 Å². The van der Waals surface area contributed by atoms with E-state index >= 15 is 0 Å². The van der Waals surface area contributed by atoms with Gasteiger partial charge in [-0.3, -0.25) is 19.6 Å². The van der Waals surface area contributed by atoms with Gasteiger partial charge in [0.1, 0.15) is 18.7 Å². The number of piperidine rings is 1. The highest BCUT2D eigenvalue weighted by molar-refractivity contribution is 5.94. The molecule has 57 heavy (non-hydrogen) atoms. The number of methoxy groups -OCH3 is 1. The molecule has 2 saturated heterocycles. The highest BCUT2D eigenvalue weighted by atomic mass is 16.5. The largest absolute Gasteiger partial charge is 0.480 e. The number of fused-ring (bicyclic) bond motifs is 1. The Labute approximate surface area is 335 Å². The molecule has 0 radical (unpaired) electrons. The van der Waals surface area contributed by atoms with E-state index in [2.05, 4.69) is 65.2 Å². The van der Waals surface area contributed by atoms with Gasteiger partial charge in [0.15, 0.2) is 0 Å². The van der Waals surface area contributed by atoms with E-state index in [4.69, 9.17) is 14.5 Å². The maximum atomic E-state index is 14.0. The van der Waals surface area contributed by atoms with Gasteiger partial charge in [0.05, 0.1) is 17.5 Å². The molecule has 0 spiro atoms. The van der Waals surface area contributed by atoms with E-state index in [-0.39, 0.29) is 36.6 Å². The number of aliphatic carboxylic acids is 1. The average molecular weight is 783 g/mol. The number of hydrogen-bond acceptors (Lipinski definition) is 9. The fourth-order valence-electron chi connectivity index (χ4n) is 8.28. The van der Waals surface area contributed by atoms with Crippen LogP contribution in [0.25, 0.3) is 22.2 Å². The van der Waals surface area contributed by atoms with Gasteiger partial charge in [-0.2, -0.15) is 0 Å². The van der Waals surface area contributed by atoms with Crippen LogP contribution in [0.3, 0.4) is 0 Å². The summed E-state index contributed by atoms with van der Waals surface area (Å²) >= 11 is 0. The summed E-state index contributed by atoms with van der Waals surface area (Å²) in [5.41, 5.74) is 9.58. The van der Waals surface area contributed by atoms with Crippen LogP contribution in [-0.2, 0) is 38.6 Å². The molecule has 0 saturated carbocycles. The Balaban J connectivity index is 1.29. The second-order valence-electron chi connectivity index (χ2n) is 16.2. The number of amides is 2. The van der Waals surface area contributed by atoms with Gasteiger partial charge in [0.25, 0.3) is 5.91 Å². The molecule has 2 fully saturated rings. The summed E-state index contributed by atoms with van der Waals surface area (Å²) in [7, 11) is 1.69. The first-order chi connectivity index (χ1) is 27.4. The third-order valence-electron chi connectivity index (χ3n) is 11.4. The molecule has 2 unspecified atom stereocenters. The Morgan fingerprint density at radius 1 is 1.05 bits per heavy atom. The first-order valence-electron chi connectivity index (χ1n) is 20.2. The number of carboxylic acids is 1. The van der Waals surface area contributed by atoms with Gasteiger partial charge in [-0.25, -0.2) is 10.2 Å². The van der Waals surface area contributed by atoms with Crippen molar-refractivity contribution in [1.29, 1.82) is 0 Å². The second-order valence-corrected chi connectivity index (χ2v) is 16.2. The number of nitrogens with zero attached hydrogens (tertiary/aromatic N) is 4. The molecule has 2 aliphatic heterocycles. The monoisotopic (exact) mass is 782 g/mol. The van der Waals surface area contributed by atoms with Crippen molar-refractivity contribution in [3.05, 3.63) is 83.7 Å². The molecule has 13 heteroatoms. The van der Waals surface area contributed by atoms with Gasteiger partial charge < -0.3 is 34.5 Å². The van der Waals surface area contributed by atoms with Crippen molar-refractivity contribution in [2.45, 2.75) is 97.6 Å². The van der Waals surface area contributed by atoms with E-state index in [1.165, 1.54) is 5.01 Å². The van der Waals surface area contributed by atoms with E-state index in [0.717, 1.165) is 70.6 Å². The number of alkyl carbamates (subject to hydrolysis) is 1. The van der Waals surface area contributed by atoms with Crippen LogP contribution in [0.1, 0.15) is 82.7 Å². The molecule has 2 aromatic carbocycles.